The minimum Gasteiger partial charge on any atom is -0.456 e. The van der Waals surface area contributed by atoms with E-state index in [-0.39, 0.29) is 0 Å². The second-order valence-electron chi connectivity index (χ2n) is 15.1. The molecule has 0 amide bonds. The highest BCUT2D eigenvalue weighted by molar-refractivity contribution is 7.30. The molecule has 0 spiro atoms. The summed E-state index contributed by atoms with van der Waals surface area (Å²) in [6.07, 6.45) is 0. The number of thiophene rings is 2. The van der Waals surface area contributed by atoms with Crippen LogP contribution in [0.25, 0.3) is 128 Å². The number of hydrogen-bond donors (Lipinski definition) is 0. The molecule has 13 rings (SSSR count). The molecule has 0 N–H and O–H groups in total. The molecule has 0 fully saturated rings. The zero-order valence-corrected chi connectivity index (χ0v) is 32.2. The van der Waals surface area contributed by atoms with Crippen molar-refractivity contribution in [2.75, 3.05) is 0 Å². The zero-order chi connectivity index (χ0) is 37.2. The fourth-order valence-electron chi connectivity index (χ4n) is 9.47. The first kappa shape index (κ1) is 31.4. The molecule has 0 aliphatic carbocycles. The third kappa shape index (κ3) is 4.56. The lowest BCUT2D eigenvalue weighted by molar-refractivity contribution is 0.669. The standard InChI is InChI=1S/C54H30OS2/c1-3-13-41-39(11-1)50(40-12-2-4-14-42(40)51(41)35-23-27-47-45(30-35)37-9-5-7-15-46(37)55-47)32-19-17-31(18-20-32)33-21-24-36-34(29-33)22-25-44-52-49(57-53(36)44)28-26-43-38-10-6-8-16-48(38)56-54(43)52/h1-30H. The molecule has 1 nitrogen and oxygen atoms in total. The molecular weight excluding hydrogens is 729 g/mol. The largest absolute Gasteiger partial charge is 0.456 e. The van der Waals surface area contributed by atoms with E-state index in [0.29, 0.717) is 0 Å². The van der Waals surface area contributed by atoms with Gasteiger partial charge in [-0.05, 0) is 102 Å². The van der Waals surface area contributed by atoms with Crippen molar-refractivity contribution >= 4 is 117 Å². The quantitative estimate of drug-likeness (QED) is 0.164. The molecule has 0 atom stereocenters. The van der Waals surface area contributed by atoms with Crippen molar-refractivity contribution in [3.05, 3.63) is 182 Å². The molecule has 264 valence electrons. The van der Waals surface area contributed by atoms with Gasteiger partial charge >= 0.3 is 0 Å². The molecule has 57 heavy (non-hydrogen) atoms. The maximum atomic E-state index is 6.21. The van der Waals surface area contributed by atoms with Gasteiger partial charge in [-0.15, -0.1) is 22.7 Å². The van der Waals surface area contributed by atoms with Crippen LogP contribution in [-0.2, 0) is 0 Å². The Morgan fingerprint density at radius 2 is 0.860 bits per heavy atom. The van der Waals surface area contributed by atoms with Crippen LogP contribution >= 0.6 is 22.7 Å². The maximum Gasteiger partial charge on any atom is 0.135 e. The summed E-state index contributed by atoms with van der Waals surface area (Å²) < 4.78 is 11.7. The Kier molecular flexibility index (Phi) is 6.54. The summed E-state index contributed by atoms with van der Waals surface area (Å²) in [5.74, 6) is 0. The predicted molar refractivity (Wildman–Crippen MR) is 248 cm³/mol. The lowest BCUT2D eigenvalue weighted by Gasteiger charge is -2.18. The van der Waals surface area contributed by atoms with Crippen molar-refractivity contribution in [1.29, 1.82) is 0 Å². The summed E-state index contributed by atoms with van der Waals surface area (Å²) in [6, 6.07) is 67.1. The van der Waals surface area contributed by atoms with Crippen LogP contribution in [0.15, 0.2) is 186 Å². The minimum absolute atomic E-state index is 0.916. The second-order valence-corrected chi connectivity index (χ2v) is 17.2. The summed E-state index contributed by atoms with van der Waals surface area (Å²) in [7, 11) is 0. The Bertz CT molecular complexity index is 3750. The smallest absolute Gasteiger partial charge is 0.135 e. The highest BCUT2D eigenvalue weighted by atomic mass is 32.1. The van der Waals surface area contributed by atoms with Crippen LogP contribution in [0, 0.1) is 0 Å². The van der Waals surface area contributed by atoms with Crippen molar-refractivity contribution in [1.82, 2.24) is 0 Å². The number of furan rings is 1. The molecule has 0 radical (unpaired) electrons. The number of rotatable bonds is 3. The van der Waals surface area contributed by atoms with Crippen molar-refractivity contribution in [2.45, 2.75) is 0 Å². The van der Waals surface area contributed by atoms with Gasteiger partial charge in [-0.1, -0.05) is 146 Å². The van der Waals surface area contributed by atoms with E-state index in [4.69, 9.17) is 4.42 Å². The molecule has 3 heteroatoms. The van der Waals surface area contributed by atoms with Crippen molar-refractivity contribution < 1.29 is 4.42 Å². The number of fused-ring (bicyclic) bond motifs is 14. The molecule has 10 aromatic carbocycles. The zero-order valence-electron chi connectivity index (χ0n) is 30.5. The second kappa shape index (κ2) is 11.9. The van der Waals surface area contributed by atoms with Gasteiger partial charge < -0.3 is 4.42 Å². The molecule has 13 aromatic rings. The van der Waals surface area contributed by atoms with Crippen molar-refractivity contribution in [2.24, 2.45) is 0 Å². The third-order valence-corrected chi connectivity index (χ3v) is 14.5. The van der Waals surface area contributed by atoms with E-state index in [9.17, 15) is 0 Å². The van der Waals surface area contributed by atoms with Crippen molar-refractivity contribution in [3.8, 4) is 33.4 Å². The Labute approximate surface area is 335 Å². The number of benzene rings is 10. The van der Waals surface area contributed by atoms with Gasteiger partial charge in [0.1, 0.15) is 11.2 Å². The fourth-order valence-corrected chi connectivity index (χ4v) is 12.0. The van der Waals surface area contributed by atoms with Gasteiger partial charge in [0.25, 0.3) is 0 Å². The normalized spacial score (nSPS) is 12.2. The van der Waals surface area contributed by atoms with Crippen LogP contribution in [0.4, 0.5) is 0 Å². The highest BCUT2D eigenvalue weighted by Crippen LogP contribution is 2.48. The Hall–Kier alpha value is -6.78. The van der Waals surface area contributed by atoms with E-state index in [1.54, 1.807) is 0 Å². The third-order valence-electron chi connectivity index (χ3n) is 12.1. The lowest BCUT2D eigenvalue weighted by Crippen LogP contribution is -1.91. The average Bonchev–Trinajstić information content (AvgIpc) is 3.96. The molecule has 0 saturated heterocycles. The van der Waals surface area contributed by atoms with Crippen LogP contribution in [0.5, 0.6) is 0 Å². The molecule has 3 heterocycles. The van der Waals surface area contributed by atoms with Gasteiger partial charge in [0.15, 0.2) is 0 Å². The summed E-state index contributed by atoms with van der Waals surface area (Å²) in [5, 5.41) is 15.4. The molecule has 0 unspecified atom stereocenters. The first-order valence-electron chi connectivity index (χ1n) is 19.4. The Morgan fingerprint density at radius 3 is 1.63 bits per heavy atom. The monoisotopic (exact) mass is 758 g/mol. The lowest BCUT2D eigenvalue weighted by atomic mass is 9.85. The molecule has 0 saturated carbocycles. The van der Waals surface area contributed by atoms with E-state index in [2.05, 4.69) is 170 Å². The fraction of sp³-hybridized carbons (Fsp3) is 0. The van der Waals surface area contributed by atoms with E-state index in [1.165, 1.54) is 106 Å². The summed E-state index contributed by atoms with van der Waals surface area (Å²) >= 11 is 3.84. The van der Waals surface area contributed by atoms with Crippen LogP contribution in [0.1, 0.15) is 0 Å². The molecular formula is C54H30OS2. The van der Waals surface area contributed by atoms with Crippen molar-refractivity contribution in [3.63, 3.8) is 0 Å². The van der Waals surface area contributed by atoms with Crippen LogP contribution < -0.4 is 0 Å². The molecule has 3 aromatic heterocycles. The van der Waals surface area contributed by atoms with Crippen LogP contribution in [0.3, 0.4) is 0 Å². The topological polar surface area (TPSA) is 13.1 Å². The minimum atomic E-state index is 0.916. The number of hydrogen-bond acceptors (Lipinski definition) is 3. The van der Waals surface area contributed by atoms with Gasteiger partial charge in [0.2, 0.25) is 0 Å². The Balaban J connectivity index is 0.927. The van der Waals surface area contributed by atoms with E-state index in [1.807, 2.05) is 34.8 Å². The maximum absolute atomic E-state index is 6.21. The van der Waals surface area contributed by atoms with Gasteiger partial charge in [0.05, 0.1) is 0 Å². The summed E-state index contributed by atoms with van der Waals surface area (Å²) in [5.41, 5.74) is 9.22. The van der Waals surface area contributed by atoms with Gasteiger partial charge in [-0.3, -0.25) is 0 Å². The summed E-state index contributed by atoms with van der Waals surface area (Å²) in [4.78, 5) is 0. The molecule has 0 aliphatic heterocycles. The summed E-state index contributed by atoms with van der Waals surface area (Å²) in [6.45, 7) is 0. The highest BCUT2D eigenvalue weighted by Gasteiger charge is 2.19. The predicted octanol–water partition coefficient (Wildman–Crippen LogP) is 16.8. The van der Waals surface area contributed by atoms with Gasteiger partial charge in [-0.25, -0.2) is 0 Å². The SMILES string of the molecule is c1ccc2c(c1)oc1ccc(-c3c4ccccc4c(-c4ccc(-c5ccc6c(ccc7c6sc6ccc8c9ccccc9sc8c67)c5)cc4)c4ccccc34)cc12. The number of para-hydroxylation sites is 1. The first-order chi connectivity index (χ1) is 28.2. The van der Waals surface area contributed by atoms with E-state index < -0.39 is 0 Å². The van der Waals surface area contributed by atoms with Gasteiger partial charge in [-0.2, -0.15) is 0 Å². The molecule has 0 bridgehead atoms. The van der Waals surface area contributed by atoms with Crippen LogP contribution in [-0.4, -0.2) is 0 Å². The van der Waals surface area contributed by atoms with Crippen LogP contribution in [0.2, 0.25) is 0 Å². The van der Waals surface area contributed by atoms with E-state index >= 15 is 0 Å². The van der Waals surface area contributed by atoms with Gasteiger partial charge in [0, 0.05) is 51.1 Å². The molecule has 0 aliphatic rings. The average molecular weight is 759 g/mol. The first-order valence-corrected chi connectivity index (χ1v) is 21.0. The van der Waals surface area contributed by atoms with E-state index in [0.717, 1.165) is 21.9 Å². The Morgan fingerprint density at radius 1 is 0.298 bits per heavy atom.